The molecule has 0 saturated carbocycles. The number of aromatic hydroxyl groups is 1. The average Bonchev–Trinajstić information content (AvgIpc) is 3.35. The summed E-state index contributed by atoms with van der Waals surface area (Å²) in [7, 11) is 1.59. The maximum atomic E-state index is 13.8. The van der Waals surface area contributed by atoms with E-state index in [1.54, 1.807) is 54.3 Å². The number of allylic oxidation sites excluding steroid dienone is 1. The number of methoxy groups -OCH3 is 1. The van der Waals surface area contributed by atoms with Crippen LogP contribution in [0.4, 0.5) is 11.6 Å². The van der Waals surface area contributed by atoms with Gasteiger partial charge in [-0.05, 0) is 73.5 Å². The normalized spacial score (nSPS) is 14.3. The fourth-order valence-corrected chi connectivity index (χ4v) is 5.40. The number of hydrogen-bond acceptors (Lipinski definition) is 8. The van der Waals surface area contributed by atoms with Gasteiger partial charge in [-0.15, -0.1) is 5.10 Å². The van der Waals surface area contributed by atoms with Crippen molar-refractivity contribution < 1.29 is 19.4 Å². The van der Waals surface area contributed by atoms with Crippen molar-refractivity contribution in [2.24, 2.45) is 0 Å². The molecule has 0 radical (unpaired) electrons. The van der Waals surface area contributed by atoms with Crippen LogP contribution in [-0.4, -0.2) is 39.5 Å². The Labute approximate surface area is 241 Å². The standard InChI is InChI=1S/C29H28ClN5O4S/c1-4-39-24-15-19(8-13-23(24)36)26-25(27(37)32-21-9-11-22(38-3)12-10-21)17(2)31-28-33-29(34-35(26)28)40-16-18-6-5-7-20(30)14-18/h5-15,26,36H,4,16H2,1-3H3,(H,32,37)(H,31,33,34)/t26-/m1/s1. The van der Waals surface area contributed by atoms with Gasteiger partial charge in [-0.25, -0.2) is 4.68 Å². The number of anilines is 2. The molecule has 0 unspecified atom stereocenters. The largest absolute Gasteiger partial charge is 0.504 e. The number of carbonyl (C=O) groups is 1. The topological polar surface area (TPSA) is 111 Å². The van der Waals surface area contributed by atoms with Crippen LogP contribution in [0.25, 0.3) is 0 Å². The predicted molar refractivity (Wildman–Crippen MR) is 156 cm³/mol. The van der Waals surface area contributed by atoms with Gasteiger partial charge < -0.3 is 25.2 Å². The number of aromatic nitrogens is 3. The molecule has 0 saturated heterocycles. The molecule has 3 aromatic carbocycles. The number of thioether (sulfide) groups is 1. The van der Waals surface area contributed by atoms with Gasteiger partial charge in [0.15, 0.2) is 11.5 Å². The Balaban J connectivity index is 1.51. The summed E-state index contributed by atoms with van der Waals surface area (Å²) in [4.78, 5) is 18.5. The Morgan fingerprint density at radius 2 is 1.98 bits per heavy atom. The van der Waals surface area contributed by atoms with E-state index in [0.29, 0.717) is 62.5 Å². The Kier molecular flexibility index (Phi) is 8.18. The van der Waals surface area contributed by atoms with E-state index in [4.69, 9.17) is 31.2 Å². The summed E-state index contributed by atoms with van der Waals surface area (Å²) in [5.41, 5.74) is 3.46. The zero-order valence-corrected chi connectivity index (χ0v) is 23.7. The lowest BCUT2D eigenvalue weighted by molar-refractivity contribution is -0.113. The number of phenolic OH excluding ortho intramolecular Hbond substituents is 1. The Morgan fingerprint density at radius 1 is 1.18 bits per heavy atom. The highest BCUT2D eigenvalue weighted by Gasteiger charge is 2.35. The molecule has 1 amide bonds. The van der Waals surface area contributed by atoms with Crippen LogP contribution in [-0.2, 0) is 10.5 Å². The quantitative estimate of drug-likeness (QED) is 0.200. The van der Waals surface area contributed by atoms with E-state index in [0.717, 1.165) is 5.56 Å². The van der Waals surface area contributed by atoms with Crippen LogP contribution in [0.2, 0.25) is 5.02 Å². The second-order valence-electron chi connectivity index (χ2n) is 8.99. The number of nitrogens with one attached hydrogen (secondary N) is 2. The summed E-state index contributed by atoms with van der Waals surface area (Å²) in [5.74, 6) is 1.85. The summed E-state index contributed by atoms with van der Waals surface area (Å²) in [6, 6.07) is 19.2. The number of benzene rings is 3. The van der Waals surface area contributed by atoms with Crippen molar-refractivity contribution in [1.29, 1.82) is 0 Å². The molecular formula is C29H28ClN5O4S. The molecule has 1 aliphatic heterocycles. The van der Waals surface area contributed by atoms with Crippen LogP contribution < -0.4 is 20.1 Å². The number of fused-ring (bicyclic) bond motifs is 1. The molecule has 206 valence electrons. The first kappa shape index (κ1) is 27.4. The molecule has 11 heteroatoms. The SMILES string of the molecule is CCOc1cc([C@@H]2C(C(=O)Nc3ccc(OC)cc3)=C(C)Nc3nc(SCc4cccc(Cl)c4)nn32)ccc1O. The summed E-state index contributed by atoms with van der Waals surface area (Å²) in [5, 5.41) is 22.6. The number of ether oxygens (including phenoxy) is 2. The minimum atomic E-state index is -0.637. The average molecular weight is 578 g/mol. The maximum absolute atomic E-state index is 13.8. The molecule has 1 aromatic heterocycles. The Morgan fingerprint density at radius 3 is 2.70 bits per heavy atom. The Bertz CT molecular complexity index is 1570. The maximum Gasteiger partial charge on any atom is 0.255 e. The van der Waals surface area contributed by atoms with Gasteiger partial charge in [-0.2, -0.15) is 4.98 Å². The molecule has 5 rings (SSSR count). The molecule has 0 bridgehead atoms. The number of phenols is 1. The molecule has 0 aliphatic carbocycles. The summed E-state index contributed by atoms with van der Waals surface area (Å²) < 4.78 is 12.6. The van der Waals surface area contributed by atoms with Crippen molar-refractivity contribution in [1.82, 2.24) is 14.8 Å². The lowest BCUT2D eigenvalue weighted by Gasteiger charge is -2.29. The van der Waals surface area contributed by atoms with Crippen molar-refractivity contribution in [2.75, 3.05) is 24.4 Å². The van der Waals surface area contributed by atoms with Gasteiger partial charge in [-0.3, -0.25) is 4.79 Å². The number of carbonyl (C=O) groups excluding carboxylic acids is 1. The van der Waals surface area contributed by atoms with Crippen molar-refractivity contribution >= 4 is 40.9 Å². The minimum Gasteiger partial charge on any atom is -0.504 e. The highest BCUT2D eigenvalue weighted by atomic mass is 35.5. The monoisotopic (exact) mass is 577 g/mol. The zero-order chi connectivity index (χ0) is 28.2. The van der Waals surface area contributed by atoms with Gasteiger partial charge in [0.1, 0.15) is 11.8 Å². The van der Waals surface area contributed by atoms with Crippen molar-refractivity contribution in [3.8, 4) is 17.2 Å². The number of nitrogens with zero attached hydrogens (tertiary/aromatic N) is 3. The van der Waals surface area contributed by atoms with Crippen LogP contribution in [0.3, 0.4) is 0 Å². The third-order valence-corrected chi connectivity index (χ3v) is 7.43. The van der Waals surface area contributed by atoms with E-state index in [1.807, 2.05) is 38.1 Å². The second kappa shape index (κ2) is 11.9. The highest BCUT2D eigenvalue weighted by molar-refractivity contribution is 7.98. The smallest absolute Gasteiger partial charge is 0.255 e. The first-order valence-corrected chi connectivity index (χ1v) is 13.9. The summed E-state index contributed by atoms with van der Waals surface area (Å²) in [6.45, 7) is 4.05. The number of halogens is 1. The summed E-state index contributed by atoms with van der Waals surface area (Å²) in [6.07, 6.45) is 0. The van der Waals surface area contributed by atoms with Gasteiger partial charge >= 0.3 is 0 Å². The lowest BCUT2D eigenvalue weighted by atomic mass is 9.94. The molecule has 9 nitrogen and oxygen atoms in total. The van der Waals surface area contributed by atoms with E-state index in [-0.39, 0.29) is 11.7 Å². The molecule has 2 heterocycles. The van der Waals surface area contributed by atoms with Crippen LogP contribution in [0.1, 0.15) is 31.0 Å². The molecule has 40 heavy (non-hydrogen) atoms. The van der Waals surface area contributed by atoms with Gasteiger partial charge in [0, 0.05) is 22.2 Å². The first-order valence-electron chi connectivity index (χ1n) is 12.6. The van der Waals surface area contributed by atoms with E-state index in [1.165, 1.54) is 11.8 Å². The molecule has 4 aromatic rings. The lowest BCUT2D eigenvalue weighted by Crippen LogP contribution is -2.31. The zero-order valence-electron chi connectivity index (χ0n) is 22.1. The predicted octanol–water partition coefficient (Wildman–Crippen LogP) is 6.26. The van der Waals surface area contributed by atoms with Crippen LogP contribution in [0, 0.1) is 0 Å². The van der Waals surface area contributed by atoms with Crippen molar-refractivity contribution in [3.63, 3.8) is 0 Å². The van der Waals surface area contributed by atoms with Crippen molar-refractivity contribution in [3.05, 3.63) is 94.1 Å². The molecule has 3 N–H and O–H groups in total. The molecule has 1 atom stereocenters. The van der Waals surface area contributed by atoms with Crippen LogP contribution in [0.15, 0.2) is 83.2 Å². The number of hydrogen-bond donors (Lipinski definition) is 3. The molecule has 1 aliphatic rings. The van der Waals surface area contributed by atoms with E-state index >= 15 is 0 Å². The second-order valence-corrected chi connectivity index (χ2v) is 10.4. The van der Waals surface area contributed by atoms with E-state index in [9.17, 15) is 9.90 Å². The summed E-state index contributed by atoms with van der Waals surface area (Å²) >= 11 is 7.61. The third kappa shape index (κ3) is 5.88. The number of amides is 1. The third-order valence-electron chi connectivity index (χ3n) is 6.28. The molecule has 0 fully saturated rings. The Hall–Kier alpha value is -4.15. The van der Waals surface area contributed by atoms with Crippen LogP contribution in [0.5, 0.6) is 17.2 Å². The van der Waals surface area contributed by atoms with Crippen LogP contribution >= 0.6 is 23.4 Å². The fraction of sp³-hybridized carbons (Fsp3) is 0.207. The van der Waals surface area contributed by atoms with Crippen molar-refractivity contribution in [2.45, 2.75) is 30.8 Å². The van der Waals surface area contributed by atoms with E-state index in [2.05, 4.69) is 10.6 Å². The molecular weight excluding hydrogens is 550 g/mol. The molecule has 0 spiro atoms. The highest BCUT2D eigenvalue weighted by Crippen LogP contribution is 2.40. The van der Waals surface area contributed by atoms with Gasteiger partial charge in [0.05, 0.1) is 19.3 Å². The number of rotatable bonds is 9. The van der Waals surface area contributed by atoms with Gasteiger partial charge in [-0.1, -0.05) is 41.6 Å². The fourth-order valence-electron chi connectivity index (χ4n) is 4.41. The van der Waals surface area contributed by atoms with Gasteiger partial charge in [0.2, 0.25) is 11.1 Å². The minimum absolute atomic E-state index is 0.0149. The first-order chi connectivity index (χ1) is 19.4. The van der Waals surface area contributed by atoms with E-state index < -0.39 is 6.04 Å². The van der Waals surface area contributed by atoms with Gasteiger partial charge in [0.25, 0.3) is 5.91 Å².